The van der Waals surface area contributed by atoms with Gasteiger partial charge >= 0.3 is 5.97 Å². The molecule has 0 aliphatic carbocycles. The van der Waals surface area contributed by atoms with E-state index >= 15 is 0 Å². The number of aliphatic hydroxyl groups excluding tert-OH is 1. The van der Waals surface area contributed by atoms with Gasteiger partial charge < -0.3 is 20.5 Å². The van der Waals surface area contributed by atoms with Gasteiger partial charge in [0.05, 0.1) is 24.5 Å². The molecule has 0 radical (unpaired) electrons. The topological polar surface area (TPSA) is 105 Å². The number of hydrogen-bond acceptors (Lipinski definition) is 5. The van der Waals surface area contributed by atoms with E-state index in [1.165, 1.54) is 0 Å². The lowest BCUT2D eigenvalue weighted by Gasteiger charge is -2.24. The van der Waals surface area contributed by atoms with Crippen LogP contribution in [0.2, 0.25) is 0 Å². The molecule has 0 aliphatic rings. The maximum Gasteiger partial charge on any atom is 0.309 e. The number of amides is 2. The monoisotopic (exact) mass is 520 g/mol. The lowest BCUT2D eigenvalue weighted by atomic mass is 9.95. The van der Waals surface area contributed by atoms with Crippen molar-refractivity contribution in [3.8, 4) is 0 Å². The van der Waals surface area contributed by atoms with Crippen LogP contribution in [-0.2, 0) is 25.5 Å². The van der Waals surface area contributed by atoms with Gasteiger partial charge in [0.1, 0.15) is 6.61 Å². The average molecular weight is 521 g/mol. The fourth-order valence-electron chi connectivity index (χ4n) is 4.09. The van der Waals surface area contributed by atoms with Gasteiger partial charge in [-0.25, -0.2) is 0 Å². The molecule has 7 nitrogen and oxygen atoms in total. The lowest BCUT2D eigenvalue weighted by Crippen LogP contribution is -2.41. The molecule has 0 saturated heterocycles. The first-order valence-corrected chi connectivity index (χ1v) is 13.1. The van der Waals surface area contributed by atoms with Crippen LogP contribution >= 0.6 is 0 Å². The Morgan fingerprint density at radius 2 is 1.61 bits per heavy atom. The summed E-state index contributed by atoms with van der Waals surface area (Å²) in [5.41, 5.74) is 1.84. The molecule has 4 atom stereocenters. The highest BCUT2D eigenvalue weighted by Gasteiger charge is 2.27. The minimum absolute atomic E-state index is 0.0392. The number of allylic oxidation sites excluding steroid dienone is 2. The zero-order valence-corrected chi connectivity index (χ0v) is 22.2. The summed E-state index contributed by atoms with van der Waals surface area (Å²) in [4.78, 5) is 38.7. The Morgan fingerprint density at radius 1 is 0.947 bits per heavy atom. The van der Waals surface area contributed by atoms with Crippen LogP contribution in [0.15, 0.2) is 86.0 Å². The summed E-state index contributed by atoms with van der Waals surface area (Å²) in [5, 5.41) is 14.8. The molecule has 2 aromatic carbocycles. The molecule has 0 spiro atoms. The third-order valence-corrected chi connectivity index (χ3v) is 6.22. The summed E-state index contributed by atoms with van der Waals surface area (Å²) in [6.45, 7) is 8.94. The van der Waals surface area contributed by atoms with Crippen molar-refractivity contribution in [2.45, 2.75) is 51.1 Å². The van der Waals surface area contributed by atoms with Crippen LogP contribution in [0.25, 0.3) is 0 Å². The zero-order chi connectivity index (χ0) is 27.8. The van der Waals surface area contributed by atoms with Crippen molar-refractivity contribution < 1.29 is 24.2 Å². The third kappa shape index (κ3) is 10.7. The molecule has 7 heteroatoms. The Hall–Kier alpha value is -3.71. The van der Waals surface area contributed by atoms with Crippen molar-refractivity contribution in [3.63, 3.8) is 0 Å². The molecule has 0 aliphatic heterocycles. The third-order valence-electron chi connectivity index (χ3n) is 6.22. The summed E-state index contributed by atoms with van der Waals surface area (Å²) < 4.78 is 5.76. The first-order chi connectivity index (χ1) is 18.4. The largest absolute Gasteiger partial charge is 0.463 e. The summed E-state index contributed by atoms with van der Waals surface area (Å²) >= 11 is 0. The zero-order valence-electron chi connectivity index (χ0n) is 22.2. The van der Waals surface area contributed by atoms with Crippen LogP contribution in [0.4, 0.5) is 0 Å². The first kappa shape index (κ1) is 30.5. The molecule has 2 rings (SSSR count). The number of aliphatic hydroxyl groups is 1. The number of ether oxygens (including phenoxy) is 1. The Bertz CT molecular complexity index is 1030. The summed E-state index contributed by atoms with van der Waals surface area (Å²) in [5.74, 6) is -1.99. The molecule has 0 heterocycles. The van der Waals surface area contributed by atoms with Crippen LogP contribution in [-0.4, -0.2) is 42.1 Å². The van der Waals surface area contributed by atoms with Gasteiger partial charge in [0.25, 0.3) is 0 Å². The number of carbonyl (C=O) groups excluding carboxylic acids is 3. The van der Waals surface area contributed by atoms with Crippen molar-refractivity contribution in [2.75, 3.05) is 13.2 Å². The fraction of sp³-hybridized carbons (Fsp3) is 0.387. The van der Waals surface area contributed by atoms with Gasteiger partial charge in [-0.05, 0) is 43.7 Å². The van der Waals surface area contributed by atoms with E-state index in [2.05, 4.69) is 23.8 Å². The molecule has 0 aromatic heterocycles. The van der Waals surface area contributed by atoms with Gasteiger partial charge in [-0.15, -0.1) is 13.2 Å². The average Bonchev–Trinajstić information content (AvgIpc) is 2.93. The number of benzene rings is 2. The Labute approximate surface area is 226 Å². The highest BCUT2D eigenvalue weighted by molar-refractivity contribution is 5.86. The van der Waals surface area contributed by atoms with Gasteiger partial charge in [-0.3, -0.25) is 14.4 Å². The van der Waals surface area contributed by atoms with Gasteiger partial charge in [0.2, 0.25) is 11.8 Å². The van der Waals surface area contributed by atoms with Gasteiger partial charge in [-0.2, -0.15) is 0 Å². The predicted octanol–water partition coefficient (Wildman–Crippen LogP) is 4.29. The van der Waals surface area contributed by atoms with Gasteiger partial charge in [0.15, 0.2) is 0 Å². The number of hydrogen-bond donors (Lipinski definition) is 3. The molecule has 0 unspecified atom stereocenters. The first-order valence-electron chi connectivity index (χ1n) is 13.1. The molecule has 0 bridgehead atoms. The fourth-order valence-corrected chi connectivity index (χ4v) is 4.09. The van der Waals surface area contributed by atoms with E-state index < -0.39 is 18.0 Å². The predicted molar refractivity (Wildman–Crippen MR) is 149 cm³/mol. The smallest absolute Gasteiger partial charge is 0.309 e. The molecule has 2 aromatic rings. The molecule has 0 saturated carbocycles. The van der Waals surface area contributed by atoms with Crippen LogP contribution in [0.3, 0.4) is 0 Å². The van der Waals surface area contributed by atoms with Crippen molar-refractivity contribution in [1.82, 2.24) is 10.6 Å². The Kier molecular flexibility index (Phi) is 13.6. The van der Waals surface area contributed by atoms with Crippen LogP contribution in [0.1, 0.15) is 49.8 Å². The minimum atomic E-state index is -0.654. The van der Waals surface area contributed by atoms with E-state index in [0.717, 1.165) is 11.1 Å². The van der Waals surface area contributed by atoms with E-state index in [1.807, 2.05) is 60.7 Å². The molecule has 3 N–H and O–H groups in total. The normalized spacial score (nSPS) is 13.8. The van der Waals surface area contributed by atoms with Crippen molar-refractivity contribution in [3.05, 3.63) is 97.1 Å². The molecular formula is C31H40N2O5. The highest BCUT2D eigenvalue weighted by atomic mass is 16.5. The maximum absolute atomic E-state index is 13.2. The summed E-state index contributed by atoms with van der Waals surface area (Å²) in [6, 6.07) is 18.1. The number of nitrogens with one attached hydrogen (secondary N) is 2. The second kappa shape index (κ2) is 16.9. The second-order valence-corrected chi connectivity index (χ2v) is 9.43. The molecule has 2 amide bonds. The van der Waals surface area contributed by atoms with Crippen molar-refractivity contribution in [1.29, 1.82) is 0 Å². The molecule has 38 heavy (non-hydrogen) atoms. The van der Waals surface area contributed by atoms with Crippen LogP contribution < -0.4 is 10.6 Å². The van der Waals surface area contributed by atoms with Crippen molar-refractivity contribution >= 4 is 17.8 Å². The number of rotatable bonds is 17. The SMILES string of the molecule is C=CCC[C@H](Cc1ccccc1)C(=O)OC[C@H](NC(=O)[C@@H](CC=C)CC(=O)N[C@@H](C)CO)c1ccccc1. The number of esters is 1. The summed E-state index contributed by atoms with van der Waals surface area (Å²) in [7, 11) is 0. The molecule has 0 fully saturated rings. The van der Waals surface area contributed by atoms with Crippen LogP contribution in [0.5, 0.6) is 0 Å². The van der Waals surface area contributed by atoms with Gasteiger partial charge in [-0.1, -0.05) is 72.8 Å². The van der Waals surface area contributed by atoms with E-state index in [0.29, 0.717) is 25.7 Å². The van der Waals surface area contributed by atoms with E-state index in [-0.39, 0.29) is 43.3 Å². The molecular weight excluding hydrogens is 480 g/mol. The van der Waals surface area contributed by atoms with Crippen LogP contribution in [0, 0.1) is 11.8 Å². The van der Waals surface area contributed by atoms with Gasteiger partial charge in [0, 0.05) is 12.5 Å². The quantitative estimate of drug-likeness (QED) is 0.213. The van der Waals surface area contributed by atoms with E-state index in [9.17, 15) is 19.5 Å². The maximum atomic E-state index is 13.2. The van der Waals surface area contributed by atoms with E-state index in [4.69, 9.17) is 4.74 Å². The lowest BCUT2D eigenvalue weighted by molar-refractivity contribution is -0.150. The summed E-state index contributed by atoms with van der Waals surface area (Å²) in [6.07, 6.45) is 5.49. The number of carbonyl (C=O) groups is 3. The Balaban J connectivity index is 2.12. The standard InChI is InChI=1S/C31H40N2O5/c1-4-6-16-27(19-24-14-9-7-10-15-24)31(37)38-22-28(25-17-11-8-12-18-25)33-30(36)26(13-5-2)20-29(35)32-23(3)21-34/h4-5,7-12,14-15,17-18,23,26-28,34H,1-2,6,13,16,19-22H2,3H3,(H,32,35)(H,33,36)/t23-,26-,27+,28-/m0/s1. The molecule has 204 valence electrons. The van der Waals surface area contributed by atoms with E-state index in [1.54, 1.807) is 19.1 Å². The highest BCUT2D eigenvalue weighted by Crippen LogP contribution is 2.20. The second-order valence-electron chi connectivity index (χ2n) is 9.43. The minimum Gasteiger partial charge on any atom is -0.463 e. The Morgan fingerprint density at radius 3 is 2.21 bits per heavy atom. The van der Waals surface area contributed by atoms with Crippen molar-refractivity contribution in [2.24, 2.45) is 11.8 Å².